The first kappa shape index (κ1) is 10.4. The molecule has 3 heteroatoms. The van der Waals surface area contributed by atoms with Crippen LogP contribution < -0.4 is 0 Å². The predicted octanol–water partition coefficient (Wildman–Crippen LogP) is 3.42. The molecule has 0 aliphatic carbocycles. The van der Waals surface area contributed by atoms with Crippen LogP contribution in [0.1, 0.15) is 5.56 Å². The summed E-state index contributed by atoms with van der Waals surface area (Å²) in [7, 11) is 0. The van der Waals surface area contributed by atoms with Gasteiger partial charge in [0.15, 0.2) is 0 Å². The quantitative estimate of drug-likeness (QED) is 0.656. The van der Waals surface area contributed by atoms with E-state index in [2.05, 4.69) is 6.07 Å². The van der Waals surface area contributed by atoms with Gasteiger partial charge in [-0.1, -0.05) is 48.5 Å². The highest BCUT2D eigenvalue weighted by molar-refractivity contribution is 5.94. The molecule has 18 heavy (non-hydrogen) atoms. The molecule has 0 amide bonds. The molecule has 0 saturated carbocycles. The lowest BCUT2D eigenvalue weighted by Crippen LogP contribution is -1.93. The van der Waals surface area contributed by atoms with Crippen molar-refractivity contribution in [2.75, 3.05) is 0 Å². The molecule has 0 aliphatic rings. The summed E-state index contributed by atoms with van der Waals surface area (Å²) in [5.74, 6) is 0. The van der Waals surface area contributed by atoms with Gasteiger partial charge in [-0.2, -0.15) is 9.99 Å². The van der Waals surface area contributed by atoms with E-state index in [1.165, 1.54) is 0 Å². The van der Waals surface area contributed by atoms with Crippen LogP contribution >= 0.6 is 0 Å². The van der Waals surface area contributed by atoms with Gasteiger partial charge in [-0.3, -0.25) is 0 Å². The van der Waals surface area contributed by atoms with Gasteiger partial charge in [0.1, 0.15) is 11.8 Å². The van der Waals surface area contributed by atoms with E-state index in [0.717, 1.165) is 15.7 Å². The Kier molecular flexibility index (Phi) is 2.28. The second kappa shape index (κ2) is 3.94. The molecular formula is C15H10N2O. The number of fused-ring (bicyclic) bond motifs is 1. The molecule has 0 radical (unpaired) electrons. The Hall–Kier alpha value is -2.73. The van der Waals surface area contributed by atoms with Gasteiger partial charge in [0, 0.05) is 10.9 Å². The lowest BCUT2D eigenvalue weighted by Gasteiger charge is -2.02. The van der Waals surface area contributed by atoms with E-state index in [1.807, 2.05) is 48.5 Å². The predicted molar refractivity (Wildman–Crippen MR) is 69.3 cm³/mol. The van der Waals surface area contributed by atoms with Crippen molar-refractivity contribution in [3.8, 4) is 17.3 Å². The number of hydrogen-bond acceptors (Lipinski definition) is 2. The Labute approximate surface area is 104 Å². The number of nitrogens with zero attached hydrogens (tertiary/aromatic N) is 2. The topological polar surface area (TPSA) is 49.0 Å². The molecular weight excluding hydrogens is 224 g/mol. The third-order valence-corrected chi connectivity index (χ3v) is 3.01. The summed E-state index contributed by atoms with van der Waals surface area (Å²) in [5, 5.41) is 20.3. The van der Waals surface area contributed by atoms with Crippen molar-refractivity contribution in [2.45, 2.75) is 0 Å². The summed E-state index contributed by atoms with van der Waals surface area (Å²) in [6.45, 7) is 0. The van der Waals surface area contributed by atoms with E-state index in [9.17, 15) is 10.5 Å². The first-order valence-electron chi connectivity index (χ1n) is 5.61. The average molecular weight is 234 g/mol. The van der Waals surface area contributed by atoms with Crippen LogP contribution in [0.15, 0.2) is 54.6 Å². The highest BCUT2D eigenvalue weighted by Crippen LogP contribution is 2.31. The van der Waals surface area contributed by atoms with Crippen LogP contribution in [0.4, 0.5) is 0 Å². The van der Waals surface area contributed by atoms with Crippen molar-refractivity contribution < 1.29 is 5.21 Å². The van der Waals surface area contributed by atoms with E-state index in [-0.39, 0.29) is 0 Å². The van der Waals surface area contributed by atoms with Crippen molar-refractivity contribution in [2.24, 2.45) is 0 Å². The Balaban J connectivity index is 2.43. The molecule has 0 unspecified atom stereocenters. The van der Waals surface area contributed by atoms with Crippen LogP contribution in [0.25, 0.3) is 22.2 Å². The van der Waals surface area contributed by atoms with Gasteiger partial charge in [0.2, 0.25) is 0 Å². The van der Waals surface area contributed by atoms with Crippen LogP contribution in [0.3, 0.4) is 0 Å². The molecule has 3 nitrogen and oxygen atoms in total. The van der Waals surface area contributed by atoms with Crippen molar-refractivity contribution in [1.82, 2.24) is 4.73 Å². The van der Waals surface area contributed by atoms with Gasteiger partial charge in [-0.05, 0) is 6.07 Å². The minimum absolute atomic E-state index is 0.499. The Morgan fingerprint density at radius 3 is 2.33 bits per heavy atom. The maximum atomic E-state index is 10.2. The van der Waals surface area contributed by atoms with E-state index >= 15 is 0 Å². The minimum atomic E-state index is 0.499. The molecule has 0 spiro atoms. The number of aromatic nitrogens is 1. The van der Waals surface area contributed by atoms with Crippen molar-refractivity contribution >= 4 is 10.9 Å². The summed E-state index contributed by atoms with van der Waals surface area (Å²) >= 11 is 0. The third kappa shape index (κ3) is 1.36. The normalized spacial score (nSPS) is 10.4. The summed E-state index contributed by atoms with van der Waals surface area (Å²) in [6.07, 6.45) is 0. The van der Waals surface area contributed by atoms with Crippen LogP contribution in [-0.4, -0.2) is 9.94 Å². The van der Waals surface area contributed by atoms with Crippen LogP contribution in [0.2, 0.25) is 0 Å². The van der Waals surface area contributed by atoms with Crippen molar-refractivity contribution in [3.63, 3.8) is 0 Å². The fraction of sp³-hybridized carbons (Fsp3) is 0. The van der Waals surface area contributed by atoms with Gasteiger partial charge < -0.3 is 5.21 Å². The maximum Gasteiger partial charge on any atom is 0.106 e. The molecule has 3 aromatic rings. The molecule has 0 fully saturated rings. The number of hydrogen-bond donors (Lipinski definition) is 1. The van der Waals surface area contributed by atoms with E-state index in [0.29, 0.717) is 16.8 Å². The molecule has 2 aromatic carbocycles. The zero-order valence-electron chi connectivity index (χ0n) is 9.54. The number of nitriles is 1. The number of para-hydroxylation sites is 1. The van der Waals surface area contributed by atoms with E-state index < -0.39 is 0 Å². The maximum absolute atomic E-state index is 10.2. The summed E-state index contributed by atoms with van der Waals surface area (Å²) in [6, 6.07) is 18.9. The summed E-state index contributed by atoms with van der Waals surface area (Å²) in [5.41, 5.74) is 2.51. The average Bonchev–Trinajstić information content (AvgIpc) is 2.73. The van der Waals surface area contributed by atoms with Crippen LogP contribution in [0.5, 0.6) is 0 Å². The molecule has 3 rings (SSSR count). The molecule has 1 aromatic heterocycles. The molecule has 0 saturated heterocycles. The highest BCUT2D eigenvalue weighted by atomic mass is 16.5. The third-order valence-electron chi connectivity index (χ3n) is 3.01. The van der Waals surface area contributed by atoms with Crippen LogP contribution in [0, 0.1) is 11.3 Å². The number of benzene rings is 2. The number of rotatable bonds is 1. The first-order chi connectivity index (χ1) is 8.83. The molecule has 1 N–H and O–H groups in total. The largest absolute Gasteiger partial charge is 0.428 e. The fourth-order valence-corrected chi connectivity index (χ4v) is 2.20. The van der Waals surface area contributed by atoms with Crippen molar-refractivity contribution in [1.29, 1.82) is 5.26 Å². The Morgan fingerprint density at radius 1 is 0.944 bits per heavy atom. The van der Waals surface area contributed by atoms with Gasteiger partial charge in [-0.25, -0.2) is 0 Å². The minimum Gasteiger partial charge on any atom is -0.428 e. The Bertz CT molecular complexity index is 751. The molecule has 0 atom stereocenters. The zero-order valence-corrected chi connectivity index (χ0v) is 9.54. The molecule has 86 valence electrons. The van der Waals surface area contributed by atoms with Gasteiger partial charge in [0.05, 0.1) is 11.1 Å². The smallest absolute Gasteiger partial charge is 0.106 e. The SMILES string of the molecule is N#Cc1c(-c2ccccc2)n(O)c2ccccc12. The van der Waals surface area contributed by atoms with Crippen LogP contribution in [-0.2, 0) is 0 Å². The van der Waals surface area contributed by atoms with Crippen molar-refractivity contribution in [3.05, 3.63) is 60.2 Å². The second-order valence-electron chi connectivity index (χ2n) is 4.03. The monoisotopic (exact) mass is 234 g/mol. The standard InChI is InChI=1S/C15H10N2O/c16-10-13-12-8-4-5-9-14(12)17(18)15(13)11-6-2-1-3-7-11/h1-9,18H. The molecule has 0 aliphatic heterocycles. The summed E-state index contributed by atoms with van der Waals surface area (Å²) in [4.78, 5) is 0. The second-order valence-corrected chi connectivity index (χ2v) is 4.03. The van der Waals surface area contributed by atoms with E-state index in [4.69, 9.17) is 0 Å². The zero-order chi connectivity index (χ0) is 12.5. The van der Waals surface area contributed by atoms with Gasteiger partial charge in [-0.15, -0.1) is 0 Å². The fourth-order valence-electron chi connectivity index (χ4n) is 2.20. The van der Waals surface area contributed by atoms with Gasteiger partial charge >= 0.3 is 0 Å². The lowest BCUT2D eigenvalue weighted by molar-refractivity contribution is 0.204. The lowest BCUT2D eigenvalue weighted by atomic mass is 10.1. The molecule has 0 bridgehead atoms. The Morgan fingerprint density at radius 2 is 1.61 bits per heavy atom. The van der Waals surface area contributed by atoms with E-state index in [1.54, 1.807) is 6.07 Å². The summed E-state index contributed by atoms with van der Waals surface area (Å²) < 4.78 is 1.09. The highest BCUT2D eigenvalue weighted by Gasteiger charge is 2.17. The first-order valence-corrected chi connectivity index (χ1v) is 5.61. The van der Waals surface area contributed by atoms with Gasteiger partial charge in [0.25, 0.3) is 0 Å². The molecule has 1 heterocycles.